The van der Waals surface area contributed by atoms with E-state index in [0.717, 1.165) is 18.4 Å². The summed E-state index contributed by atoms with van der Waals surface area (Å²) in [5, 5.41) is 13.3. The Morgan fingerprint density at radius 3 is 2.78 bits per heavy atom. The minimum Gasteiger partial charge on any atom is -0.464 e. The van der Waals surface area contributed by atoms with Gasteiger partial charge in [-0.05, 0) is 49.1 Å². The van der Waals surface area contributed by atoms with E-state index in [1.807, 2.05) is 17.0 Å². The van der Waals surface area contributed by atoms with E-state index in [0.29, 0.717) is 42.6 Å². The second-order valence-electron chi connectivity index (χ2n) is 7.49. The number of rotatable bonds is 3. The van der Waals surface area contributed by atoms with Crippen LogP contribution in [0.15, 0.2) is 41.0 Å². The average molecular weight is 367 g/mol. The maximum absolute atomic E-state index is 13.2. The Hall–Kier alpha value is -2.64. The van der Waals surface area contributed by atoms with Crippen LogP contribution in [0.3, 0.4) is 0 Å². The smallest absolute Gasteiger partial charge is 0.256 e. The highest BCUT2D eigenvalue weighted by Gasteiger charge is 2.43. The fourth-order valence-electron chi connectivity index (χ4n) is 4.00. The monoisotopic (exact) mass is 367 g/mol. The lowest BCUT2D eigenvalue weighted by Crippen LogP contribution is -2.60. The number of carbonyl (C=O) groups excluding carboxylic acids is 2. The predicted octanol–water partition coefficient (Wildman–Crippen LogP) is 1.75. The van der Waals surface area contributed by atoms with Gasteiger partial charge in [-0.15, -0.1) is 0 Å². The second kappa shape index (κ2) is 6.21. The molecule has 3 heterocycles. The molecule has 2 fully saturated rings. The largest absolute Gasteiger partial charge is 0.464 e. The standard InChI is InChI=1S/C20H21N3O4/c24-18-16-11-22(19(25)12-3-4-12)7-8-23(16)20(26)14-10-13(5-6-15(14)21-18)17-2-1-9-27-17/h1-2,5-6,9-10,12,16,19,25H,3-4,7-8,11H2,(H,21,24). The molecule has 1 saturated carbocycles. The van der Waals surface area contributed by atoms with Crippen molar-refractivity contribution in [2.45, 2.75) is 25.1 Å². The minimum atomic E-state index is -0.598. The molecule has 7 heteroatoms. The van der Waals surface area contributed by atoms with Crippen molar-refractivity contribution in [1.82, 2.24) is 9.80 Å². The minimum absolute atomic E-state index is 0.165. The van der Waals surface area contributed by atoms with Gasteiger partial charge in [0, 0.05) is 25.2 Å². The van der Waals surface area contributed by atoms with E-state index < -0.39 is 12.3 Å². The van der Waals surface area contributed by atoms with Gasteiger partial charge >= 0.3 is 0 Å². The number of aliphatic hydroxyl groups is 1. The normalized spacial score (nSPS) is 24.0. The first-order valence-electron chi connectivity index (χ1n) is 9.34. The van der Waals surface area contributed by atoms with E-state index in [1.165, 1.54) is 0 Å². The van der Waals surface area contributed by atoms with Crippen molar-refractivity contribution in [2.75, 3.05) is 25.0 Å². The number of hydrogen-bond donors (Lipinski definition) is 2. The highest BCUT2D eigenvalue weighted by Crippen LogP contribution is 2.36. The van der Waals surface area contributed by atoms with Crippen LogP contribution in [-0.4, -0.2) is 58.6 Å². The van der Waals surface area contributed by atoms with Crippen molar-refractivity contribution in [2.24, 2.45) is 5.92 Å². The molecular weight excluding hydrogens is 346 g/mol. The number of anilines is 1. The Balaban J connectivity index is 1.45. The summed E-state index contributed by atoms with van der Waals surface area (Å²) >= 11 is 0. The lowest BCUT2D eigenvalue weighted by atomic mass is 10.0. The van der Waals surface area contributed by atoms with Crippen molar-refractivity contribution in [3.05, 3.63) is 42.2 Å². The second-order valence-corrected chi connectivity index (χ2v) is 7.49. The molecule has 1 aliphatic carbocycles. The third-order valence-corrected chi connectivity index (χ3v) is 5.71. The Morgan fingerprint density at radius 1 is 1.19 bits per heavy atom. The maximum atomic E-state index is 13.2. The van der Waals surface area contributed by atoms with Crippen molar-refractivity contribution in [1.29, 1.82) is 0 Å². The number of nitrogens with zero attached hydrogens (tertiary/aromatic N) is 2. The molecule has 2 atom stereocenters. The fourth-order valence-corrected chi connectivity index (χ4v) is 4.00. The number of aliphatic hydroxyl groups excluding tert-OH is 1. The molecule has 5 rings (SSSR count). The van der Waals surface area contributed by atoms with Crippen LogP contribution in [0.25, 0.3) is 11.3 Å². The van der Waals surface area contributed by atoms with Gasteiger partial charge in [0.1, 0.15) is 18.0 Å². The van der Waals surface area contributed by atoms with Gasteiger partial charge in [-0.3, -0.25) is 14.5 Å². The lowest BCUT2D eigenvalue weighted by molar-refractivity contribution is -0.125. The van der Waals surface area contributed by atoms with Crippen LogP contribution >= 0.6 is 0 Å². The maximum Gasteiger partial charge on any atom is 0.256 e. The van der Waals surface area contributed by atoms with E-state index in [2.05, 4.69) is 5.32 Å². The molecular formula is C20H21N3O4. The third-order valence-electron chi connectivity index (χ3n) is 5.71. The van der Waals surface area contributed by atoms with Crippen molar-refractivity contribution in [3.63, 3.8) is 0 Å². The summed E-state index contributed by atoms with van der Waals surface area (Å²) in [7, 11) is 0. The highest BCUT2D eigenvalue weighted by atomic mass is 16.3. The first-order chi connectivity index (χ1) is 13.1. The zero-order chi connectivity index (χ0) is 18.5. The van der Waals surface area contributed by atoms with Crippen LogP contribution in [0.4, 0.5) is 5.69 Å². The summed E-state index contributed by atoms with van der Waals surface area (Å²) in [6.07, 6.45) is 3.12. The fraction of sp³-hybridized carbons (Fsp3) is 0.400. The number of fused-ring (bicyclic) bond motifs is 2. The van der Waals surface area contributed by atoms with Crippen molar-refractivity contribution >= 4 is 17.5 Å². The molecule has 2 amide bonds. The highest BCUT2D eigenvalue weighted by molar-refractivity contribution is 6.10. The van der Waals surface area contributed by atoms with Gasteiger partial charge in [-0.2, -0.15) is 0 Å². The summed E-state index contributed by atoms with van der Waals surface area (Å²) in [6, 6.07) is 8.38. The van der Waals surface area contributed by atoms with Gasteiger partial charge in [0.25, 0.3) is 5.91 Å². The van der Waals surface area contributed by atoms with E-state index in [9.17, 15) is 14.7 Å². The lowest BCUT2D eigenvalue weighted by Gasteiger charge is -2.41. The first kappa shape index (κ1) is 16.5. The zero-order valence-corrected chi connectivity index (χ0v) is 14.8. The Morgan fingerprint density at radius 2 is 2.04 bits per heavy atom. The quantitative estimate of drug-likeness (QED) is 0.863. The molecule has 2 unspecified atom stereocenters. The van der Waals surface area contributed by atoms with E-state index in [-0.39, 0.29) is 11.8 Å². The molecule has 1 aromatic carbocycles. The summed E-state index contributed by atoms with van der Waals surface area (Å²) < 4.78 is 5.43. The predicted molar refractivity (Wildman–Crippen MR) is 97.9 cm³/mol. The number of nitrogens with one attached hydrogen (secondary N) is 1. The van der Waals surface area contributed by atoms with Gasteiger partial charge in [0.2, 0.25) is 5.91 Å². The number of hydrogen-bond acceptors (Lipinski definition) is 5. The van der Waals surface area contributed by atoms with Crippen molar-refractivity contribution < 1.29 is 19.1 Å². The van der Waals surface area contributed by atoms with E-state index in [1.54, 1.807) is 29.4 Å². The first-order valence-corrected chi connectivity index (χ1v) is 9.34. The molecule has 1 aromatic heterocycles. The molecule has 2 aliphatic heterocycles. The number of furan rings is 1. The molecule has 7 nitrogen and oxygen atoms in total. The molecule has 140 valence electrons. The van der Waals surface area contributed by atoms with Crippen LogP contribution in [0.5, 0.6) is 0 Å². The van der Waals surface area contributed by atoms with E-state index >= 15 is 0 Å². The van der Waals surface area contributed by atoms with Crippen LogP contribution in [0.2, 0.25) is 0 Å². The molecule has 0 bridgehead atoms. The Kier molecular flexibility index (Phi) is 3.80. The van der Waals surface area contributed by atoms with Crippen LogP contribution in [0.1, 0.15) is 23.2 Å². The Bertz CT molecular complexity index is 891. The van der Waals surface area contributed by atoms with Crippen LogP contribution in [0, 0.1) is 5.92 Å². The van der Waals surface area contributed by atoms with Crippen molar-refractivity contribution in [3.8, 4) is 11.3 Å². The molecule has 1 saturated heterocycles. The summed E-state index contributed by atoms with van der Waals surface area (Å²) in [4.78, 5) is 29.5. The zero-order valence-electron chi connectivity index (χ0n) is 14.8. The number of amides is 2. The van der Waals surface area contributed by atoms with Crippen LogP contribution in [-0.2, 0) is 4.79 Å². The van der Waals surface area contributed by atoms with Gasteiger partial charge < -0.3 is 19.7 Å². The number of benzene rings is 1. The molecule has 0 radical (unpaired) electrons. The molecule has 27 heavy (non-hydrogen) atoms. The molecule has 2 aromatic rings. The summed E-state index contributed by atoms with van der Waals surface area (Å²) in [5.74, 6) is 0.604. The van der Waals surface area contributed by atoms with Gasteiger partial charge in [0.05, 0.1) is 17.5 Å². The molecule has 3 aliphatic rings. The number of carbonyl (C=O) groups is 2. The molecule has 2 N–H and O–H groups in total. The summed E-state index contributed by atoms with van der Waals surface area (Å²) in [5.41, 5.74) is 1.78. The third kappa shape index (κ3) is 2.83. The average Bonchev–Trinajstić information content (AvgIpc) is 3.41. The number of piperazine rings is 1. The summed E-state index contributed by atoms with van der Waals surface area (Å²) in [6.45, 7) is 1.35. The van der Waals surface area contributed by atoms with Gasteiger partial charge in [0.15, 0.2) is 0 Å². The Labute approximate surface area is 156 Å². The topological polar surface area (TPSA) is 86.0 Å². The van der Waals surface area contributed by atoms with Gasteiger partial charge in [-0.1, -0.05) is 0 Å². The molecule has 0 spiro atoms. The van der Waals surface area contributed by atoms with Gasteiger partial charge in [-0.25, -0.2) is 0 Å². The van der Waals surface area contributed by atoms with Crippen LogP contribution < -0.4 is 5.32 Å². The van der Waals surface area contributed by atoms with E-state index in [4.69, 9.17) is 4.42 Å². The SMILES string of the molecule is O=C1Nc2ccc(-c3ccco3)cc2C(=O)N2CCN(C(O)C3CC3)CC12.